The Balaban J connectivity index is 2.01. The Morgan fingerprint density at radius 1 is 1.09 bits per heavy atom. The maximum Gasteiger partial charge on any atom is 0.0218 e. The summed E-state index contributed by atoms with van der Waals surface area (Å²) in [5.41, 5.74) is 0.521. The highest BCUT2D eigenvalue weighted by molar-refractivity contribution is 5.03. The zero-order valence-corrected chi connectivity index (χ0v) is 7.10. The molecule has 1 saturated heterocycles. The number of hydrogen-bond donors (Lipinski definition) is 1. The standard InChI is InChI=1S/C10H17N/c1-2-6-10(7-3-1)8-4-5-9-11-10/h1-2,11H,3-9H2. The molecule has 11 heavy (non-hydrogen) atoms. The zero-order valence-electron chi connectivity index (χ0n) is 7.10. The summed E-state index contributed by atoms with van der Waals surface area (Å²) in [5, 5.41) is 3.68. The molecule has 1 aliphatic carbocycles. The van der Waals surface area contributed by atoms with Crippen LogP contribution in [0.2, 0.25) is 0 Å². The fourth-order valence-corrected chi connectivity index (χ4v) is 2.31. The fraction of sp³-hybridized carbons (Fsp3) is 0.800. The van der Waals surface area contributed by atoms with Crippen LogP contribution in [0.15, 0.2) is 12.2 Å². The molecule has 0 radical (unpaired) electrons. The topological polar surface area (TPSA) is 12.0 Å². The summed E-state index contributed by atoms with van der Waals surface area (Å²) in [6.45, 7) is 1.24. The van der Waals surface area contributed by atoms with Crippen LogP contribution in [0.3, 0.4) is 0 Å². The Morgan fingerprint density at radius 3 is 2.73 bits per heavy atom. The van der Waals surface area contributed by atoms with Gasteiger partial charge in [-0.1, -0.05) is 18.6 Å². The summed E-state index contributed by atoms with van der Waals surface area (Å²) in [6.07, 6.45) is 12.8. The van der Waals surface area contributed by atoms with E-state index in [0.717, 1.165) is 0 Å². The summed E-state index contributed by atoms with van der Waals surface area (Å²) in [7, 11) is 0. The SMILES string of the molecule is C1=CCC2(CC1)CCCCN2. The molecule has 1 fully saturated rings. The first-order valence-electron chi connectivity index (χ1n) is 4.81. The number of allylic oxidation sites excluding steroid dienone is 1. The Morgan fingerprint density at radius 2 is 2.09 bits per heavy atom. The molecule has 0 bridgehead atoms. The van der Waals surface area contributed by atoms with Crippen molar-refractivity contribution in [3.63, 3.8) is 0 Å². The van der Waals surface area contributed by atoms with E-state index in [4.69, 9.17) is 0 Å². The summed E-state index contributed by atoms with van der Waals surface area (Å²) < 4.78 is 0. The quantitative estimate of drug-likeness (QED) is 0.523. The molecule has 1 aliphatic heterocycles. The van der Waals surface area contributed by atoms with Crippen LogP contribution < -0.4 is 5.32 Å². The Hall–Kier alpha value is -0.300. The highest BCUT2D eigenvalue weighted by atomic mass is 15.0. The van der Waals surface area contributed by atoms with Crippen molar-refractivity contribution in [1.29, 1.82) is 0 Å². The van der Waals surface area contributed by atoms with Gasteiger partial charge in [0.2, 0.25) is 0 Å². The number of rotatable bonds is 0. The van der Waals surface area contributed by atoms with Crippen LogP contribution >= 0.6 is 0 Å². The van der Waals surface area contributed by atoms with Crippen LogP contribution in [-0.2, 0) is 0 Å². The first kappa shape index (κ1) is 7.35. The normalized spacial score (nSPS) is 37.8. The molecule has 1 N–H and O–H groups in total. The Kier molecular flexibility index (Phi) is 1.99. The molecule has 0 aromatic heterocycles. The van der Waals surface area contributed by atoms with E-state index < -0.39 is 0 Å². The van der Waals surface area contributed by atoms with Gasteiger partial charge in [-0.3, -0.25) is 0 Å². The van der Waals surface area contributed by atoms with Gasteiger partial charge < -0.3 is 5.32 Å². The molecule has 1 nitrogen and oxygen atoms in total. The zero-order chi connectivity index (χ0) is 7.57. The molecule has 0 aromatic carbocycles. The Bertz CT molecular complexity index is 154. The fourth-order valence-electron chi connectivity index (χ4n) is 2.31. The highest BCUT2D eigenvalue weighted by Crippen LogP contribution is 2.30. The second-order valence-electron chi connectivity index (χ2n) is 3.88. The van der Waals surface area contributed by atoms with Gasteiger partial charge in [0.25, 0.3) is 0 Å². The first-order chi connectivity index (χ1) is 5.41. The minimum absolute atomic E-state index is 0.521. The van der Waals surface area contributed by atoms with E-state index in [-0.39, 0.29) is 0 Å². The lowest BCUT2D eigenvalue weighted by atomic mass is 9.79. The van der Waals surface area contributed by atoms with Gasteiger partial charge in [0.05, 0.1) is 0 Å². The van der Waals surface area contributed by atoms with Gasteiger partial charge in [-0.25, -0.2) is 0 Å². The van der Waals surface area contributed by atoms with Crippen LogP contribution in [0, 0.1) is 0 Å². The van der Waals surface area contributed by atoms with Gasteiger partial charge in [0.15, 0.2) is 0 Å². The highest BCUT2D eigenvalue weighted by Gasteiger charge is 2.30. The average molecular weight is 151 g/mol. The minimum Gasteiger partial charge on any atom is -0.311 e. The van der Waals surface area contributed by atoms with Gasteiger partial charge in [-0.05, 0) is 38.6 Å². The number of piperidine rings is 1. The van der Waals surface area contributed by atoms with Gasteiger partial charge >= 0.3 is 0 Å². The largest absolute Gasteiger partial charge is 0.311 e. The monoisotopic (exact) mass is 151 g/mol. The van der Waals surface area contributed by atoms with Crippen LogP contribution in [-0.4, -0.2) is 12.1 Å². The van der Waals surface area contributed by atoms with Crippen molar-refractivity contribution in [2.45, 2.75) is 44.1 Å². The van der Waals surface area contributed by atoms with Crippen LogP contribution in [0.1, 0.15) is 38.5 Å². The third-order valence-electron chi connectivity index (χ3n) is 3.05. The number of nitrogens with one attached hydrogen (secondary N) is 1. The maximum atomic E-state index is 3.68. The van der Waals surface area contributed by atoms with E-state index in [0.29, 0.717) is 5.54 Å². The average Bonchev–Trinajstić information content (AvgIpc) is 2.07. The minimum atomic E-state index is 0.521. The molecule has 1 spiro atoms. The molecule has 2 aliphatic rings. The second-order valence-corrected chi connectivity index (χ2v) is 3.88. The summed E-state index contributed by atoms with van der Waals surface area (Å²) in [4.78, 5) is 0. The molecule has 2 rings (SSSR count). The number of hydrogen-bond acceptors (Lipinski definition) is 1. The van der Waals surface area contributed by atoms with Crippen molar-refractivity contribution < 1.29 is 0 Å². The van der Waals surface area contributed by atoms with Crippen molar-refractivity contribution in [1.82, 2.24) is 5.32 Å². The van der Waals surface area contributed by atoms with E-state index in [2.05, 4.69) is 17.5 Å². The molecule has 0 saturated carbocycles. The molecule has 1 heterocycles. The molecule has 1 unspecified atom stereocenters. The summed E-state index contributed by atoms with van der Waals surface area (Å²) in [6, 6.07) is 0. The van der Waals surface area contributed by atoms with E-state index in [1.165, 1.54) is 45.1 Å². The van der Waals surface area contributed by atoms with Crippen molar-refractivity contribution in [3.05, 3.63) is 12.2 Å². The molecular formula is C10H17N. The third-order valence-corrected chi connectivity index (χ3v) is 3.05. The third kappa shape index (κ3) is 1.48. The van der Waals surface area contributed by atoms with Crippen molar-refractivity contribution >= 4 is 0 Å². The predicted molar refractivity (Wildman–Crippen MR) is 47.6 cm³/mol. The molecule has 1 atom stereocenters. The van der Waals surface area contributed by atoms with Crippen LogP contribution in [0.4, 0.5) is 0 Å². The first-order valence-corrected chi connectivity index (χ1v) is 4.81. The van der Waals surface area contributed by atoms with E-state index in [1.54, 1.807) is 0 Å². The Labute approximate surface area is 68.9 Å². The van der Waals surface area contributed by atoms with Gasteiger partial charge in [0.1, 0.15) is 0 Å². The molecular weight excluding hydrogens is 134 g/mol. The lowest BCUT2D eigenvalue weighted by Gasteiger charge is -2.39. The van der Waals surface area contributed by atoms with E-state index >= 15 is 0 Å². The maximum absolute atomic E-state index is 3.68. The predicted octanol–water partition coefficient (Wildman–Crippen LogP) is 2.24. The van der Waals surface area contributed by atoms with E-state index in [9.17, 15) is 0 Å². The molecule has 1 heteroatoms. The smallest absolute Gasteiger partial charge is 0.0218 e. The second kappa shape index (κ2) is 2.98. The van der Waals surface area contributed by atoms with Crippen molar-refractivity contribution in [3.8, 4) is 0 Å². The van der Waals surface area contributed by atoms with Crippen molar-refractivity contribution in [2.24, 2.45) is 0 Å². The lowest BCUT2D eigenvalue weighted by Crippen LogP contribution is -2.48. The molecule has 0 amide bonds. The van der Waals surface area contributed by atoms with Gasteiger partial charge in [-0.2, -0.15) is 0 Å². The van der Waals surface area contributed by atoms with E-state index in [1.807, 2.05) is 0 Å². The molecule has 0 aromatic rings. The molecule has 62 valence electrons. The van der Waals surface area contributed by atoms with Crippen LogP contribution in [0.5, 0.6) is 0 Å². The van der Waals surface area contributed by atoms with Gasteiger partial charge in [-0.15, -0.1) is 0 Å². The van der Waals surface area contributed by atoms with Crippen LogP contribution in [0.25, 0.3) is 0 Å². The summed E-state index contributed by atoms with van der Waals surface area (Å²) >= 11 is 0. The van der Waals surface area contributed by atoms with Crippen molar-refractivity contribution in [2.75, 3.05) is 6.54 Å². The van der Waals surface area contributed by atoms with Gasteiger partial charge in [0, 0.05) is 5.54 Å². The lowest BCUT2D eigenvalue weighted by molar-refractivity contribution is 0.234. The summed E-state index contributed by atoms with van der Waals surface area (Å²) in [5.74, 6) is 0.